The van der Waals surface area contributed by atoms with Gasteiger partial charge in [0.05, 0.1) is 6.73 Å². The van der Waals surface area contributed by atoms with Gasteiger partial charge in [0.15, 0.2) is 6.10 Å². The van der Waals surface area contributed by atoms with Crippen molar-refractivity contribution >= 4 is 5.97 Å². The van der Waals surface area contributed by atoms with Gasteiger partial charge < -0.3 is 9.84 Å². The van der Waals surface area contributed by atoms with Gasteiger partial charge in [-0.25, -0.2) is 4.79 Å². The molecule has 1 fully saturated rings. The van der Waals surface area contributed by atoms with Gasteiger partial charge in [-0.15, -0.1) is 0 Å². The smallest absolute Gasteiger partial charge is 0.334 e. The number of hydrogen-bond donors (Lipinski definition) is 2. The molecule has 46 valence electrons. The number of aliphatic carboxylic acids is 1. The quantitative estimate of drug-likeness (QED) is 0.463. The van der Waals surface area contributed by atoms with E-state index in [1.807, 2.05) is 0 Å². The Morgan fingerprint density at radius 3 is 2.88 bits per heavy atom. The highest BCUT2D eigenvalue weighted by molar-refractivity contribution is 5.72. The molecule has 1 aliphatic rings. The molecule has 1 unspecified atom stereocenters. The molecule has 0 radical (unpaired) electrons. The molecular weight excluding hydrogens is 110 g/mol. The molecule has 2 N–H and O–H groups in total. The van der Waals surface area contributed by atoms with Crippen LogP contribution < -0.4 is 5.32 Å². The summed E-state index contributed by atoms with van der Waals surface area (Å²) in [6, 6.07) is 0. The van der Waals surface area contributed by atoms with Crippen molar-refractivity contribution in [1.29, 1.82) is 0 Å². The fraction of sp³-hybridized carbons (Fsp3) is 0.750. The van der Waals surface area contributed by atoms with Gasteiger partial charge in [0.1, 0.15) is 0 Å². The van der Waals surface area contributed by atoms with Crippen molar-refractivity contribution in [2.75, 3.05) is 13.3 Å². The fourth-order valence-electron chi connectivity index (χ4n) is 0.567. The lowest BCUT2D eigenvalue weighted by atomic mass is 10.4. The predicted octanol–water partition coefficient (Wildman–Crippen LogP) is -0.983. The van der Waals surface area contributed by atoms with E-state index in [0.29, 0.717) is 13.3 Å². The molecule has 4 heteroatoms. The molecule has 0 aromatic carbocycles. The van der Waals surface area contributed by atoms with Crippen molar-refractivity contribution in [2.45, 2.75) is 6.10 Å². The first-order valence-corrected chi connectivity index (χ1v) is 2.36. The maximum Gasteiger partial charge on any atom is 0.334 e. The van der Waals surface area contributed by atoms with Crippen molar-refractivity contribution in [1.82, 2.24) is 5.32 Å². The topological polar surface area (TPSA) is 58.6 Å². The highest BCUT2D eigenvalue weighted by Gasteiger charge is 2.21. The molecule has 4 nitrogen and oxygen atoms in total. The minimum absolute atomic E-state index is 0.358. The van der Waals surface area contributed by atoms with Crippen LogP contribution in [0.3, 0.4) is 0 Å². The van der Waals surface area contributed by atoms with Crippen LogP contribution in [0.4, 0.5) is 0 Å². The Morgan fingerprint density at radius 2 is 2.62 bits per heavy atom. The van der Waals surface area contributed by atoms with Gasteiger partial charge in [-0.1, -0.05) is 0 Å². The lowest BCUT2D eigenvalue weighted by Gasteiger charge is -1.97. The Kier molecular flexibility index (Phi) is 1.45. The number of carboxylic acid groups (broad SMARTS) is 1. The van der Waals surface area contributed by atoms with E-state index in [0.717, 1.165) is 0 Å². The zero-order valence-electron chi connectivity index (χ0n) is 4.26. The molecule has 0 amide bonds. The summed E-state index contributed by atoms with van der Waals surface area (Å²) in [7, 11) is 0. The zero-order chi connectivity index (χ0) is 5.98. The molecule has 1 atom stereocenters. The van der Waals surface area contributed by atoms with Crippen LogP contribution >= 0.6 is 0 Å². The third kappa shape index (κ3) is 0.962. The number of hydrogen-bond acceptors (Lipinski definition) is 3. The Bertz CT molecular complexity index is 97.5. The molecule has 0 bridgehead atoms. The van der Waals surface area contributed by atoms with Crippen molar-refractivity contribution < 1.29 is 14.6 Å². The molecule has 1 aliphatic heterocycles. The van der Waals surface area contributed by atoms with Gasteiger partial charge >= 0.3 is 5.97 Å². The van der Waals surface area contributed by atoms with Gasteiger partial charge in [-0.05, 0) is 0 Å². The maximum absolute atomic E-state index is 10.0. The van der Waals surface area contributed by atoms with E-state index in [2.05, 4.69) is 5.32 Å². The Hall–Kier alpha value is -0.610. The Balaban J connectivity index is 2.35. The molecule has 0 aliphatic carbocycles. The molecular formula is C4H7NO3. The van der Waals surface area contributed by atoms with E-state index in [4.69, 9.17) is 9.84 Å². The van der Waals surface area contributed by atoms with Crippen molar-refractivity contribution in [3.8, 4) is 0 Å². The second-order valence-corrected chi connectivity index (χ2v) is 1.59. The lowest BCUT2D eigenvalue weighted by molar-refractivity contribution is -0.146. The van der Waals surface area contributed by atoms with Crippen molar-refractivity contribution in [2.24, 2.45) is 0 Å². The summed E-state index contributed by atoms with van der Waals surface area (Å²) < 4.78 is 4.70. The summed E-state index contributed by atoms with van der Waals surface area (Å²) >= 11 is 0. The first kappa shape index (κ1) is 5.53. The van der Waals surface area contributed by atoms with E-state index in [1.165, 1.54) is 0 Å². The Morgan fingerprint density at radius 1 is 1.88 bits per heavy atom. The monoisotopic (exact) mass is 117 g/mol. The van der Waals surface area contributed by atoms with Crippen LogP contribution in [0.25, 0.3) is 0 Å². The lowest BCUT2D eigenvalue weighted by Crippen LogP contribution is -2.23. The van der Waals surface area contributed by atoms with Gasteiger partial charge in [0, 0.05) is 6.54 Å². The molecule has 0 saturated carbocycles. The minimum Gasteiger partial charge on any atom is -0.479 e. The van der Waals surface area contributed by atoms with Crippen LogP contribution in [0.2, 0.25) is 0 Å². The molecule has 1 rings (SSSR count). The van der Waals surface area contributed by atoms with E-state index in [-0.39, 0.29) is 0 Å². The van der Waals surface area contributed by atoms with E-state index in [1.54, 1.807) is 0 Å². The van der Waals surface area contributed by atoms with Gasteiger partial charge in [0.25, 0.3) is 0 Å². The molecule has 0 aromatic rings. The van der Waals surface area contributed by atoms with Crippen molar-refractivity contribution in [3.63, 3.8) is 0 Å². The van der Waals surface area contributed by atoms with Crippen LogP contribution in [0, 0.1) is 0 Å². The largest absolute Gasteiger partial charge is 0.479 e. The number of ether oxygens (including phenoxy) is 1. The molecule has 0 spiro atoms. The molecule has 8 heavy (non-hydrogen) atoms. The minimum atomic E-state index is -0.894. The Labute approximate surface area is 46.4 Å². The van der Waals surface area contributed by atoms with Crippen molar-refractivity contribution in [3.05, 3.63) is 0 Å². The van der Waals surface area contributed by atoms with Gasteiger partial charge in [-0.3, -0.25) is 5.32 Å². The summed E-state index contributed by atoms with van der Waals surface area (Å²) in [5, 5.41) is 11.0. The van der Waals surface area contributed by atoms with Crippen LogP contribution in [0.1, 0.15) is 0 Å². The summed E-state index contributed by atoms with van der Waals surface area (Å²) in [5.41, 5.74) is 0. The van der Waals surface area contributed by atoms with Gasteiger partial charge in [0.2, 0.25) is 0 Å². The van der Waals surface area contributed by atoms with Crippen LogP contribution in [0.15, 0.2) is 0 Å². The maximum atomic E-state index is 10.0. The summed E-state index contributed by atoms with van der Waals surface area (Å²) in [6.07, 6.45) is -0.630. The number of rotatable bonds is 1. The molecule has 0 aromatic heterocycles. The zero-order valence-corrected chi connectivity index (χ0v) is 4.26. The third-order valence-electron chi connectivity index (χ3n) is 0.992. The second-order valence-electron chi connectivity index (χ2n) is 1.59. The third-order valence-corrected chi connectivity index (χ3v) is 0.992. The summed E-state index contributed by atoms with van der Waals surface area (Å²) in [6.45, 7) is 0.784. The fourth-order valence-corrected chi connectivity index (χ4v) is 0.567. The highest BCUT2D eigenvalue weighted by Crippen LogP contribution is 1.94. The predicted molar refractivity (Wildman–Crippen MR) is 25.4 cm³/mol. The number of carbonyl (C=O) groups is 1. The molecule has 1 saturated heterocycles. The summed E-state index contributed by atoms with van der Waals surface area (Å²) in [4.78, 5) is 10.0. The van der Waals surface area contributed by atoms with E-state index in [9.17, 15) is 4.79 Å². The standard InChI is InChI=1S/C4H7NO3/c6-4(7)3-1-5-2-8-3/h3,5H,1-2H2,(H,6,7). The SMILES string of the molecule is O=C(O)C1CNCO1. The number of carboxylic acids is 1. The van der Waals surface area contributed by atoms with Crippen LogP contribution in [0.5, 0.6) is 0 Å². The van der Waals surface area contributed by atoms with E-state index >= 15 is 0 Å². The van der Waals surface area contributed by atoms with Gasteiger partial charge in [-0.2, -0.15) is 0 Å². The first-order valence-electron chi connectivity index (χ1n) is 2.36. The number of nitrogens with one attached hydrogen (secondary N) is 1. The normalized spacial score (nSPS) is 28.2. The van der Waals surface area contributed by atoms with E-state index < -0.39 is 12.1 Å². The second kappa shape index (κ2) is 2.11. The molecule has 1 heterocycles. The average Bonchev–Trinajstić information content (AvgIpc) is 2.12. The highest BCUT2D eigenvalue weighted by atomic mass is 16.5. The van der Waals surface area contributed by atoms with Crippen LogP contribution in [-0.4, -0.2) is 30.5 Å². The average molecular weight is 117 g/mol. The first-order chi connectivity index (χ1) is 3.80. The summed E-state index contributed by atoms with van der Waals surface area (Å²) in [5.74, 6) is -0.894. The van der Waals surface area contributed by atoms with Crippen LogP contribution in [-0.2, 0) is 9.53 Å².